The zero-order valence-corrected chi connectivity index (χ0v) is 17.9. The van der Waals surface area contributed by atoms with Gasteiger partial charge >= 0.3 is 0 Å². The Morgan fingerprint density at radius 2 is 1.93 bits per heavy atom. The maximum absolute atomic E-state index is 13.5. The molecular weight excluding hydrogens is 370 g/mol. The van der Waals surface area contributed by atoms with Crippen LogP contribution in [0.25, 0.3) is 0 Å². The molecular formula is C22H33N3O4. The monoisotopic (exact) mass is 403 g/mol. The molecule has 7 nitrogen and oxygen atoms in total. The van der Waals surface area contributed by atoms with Gasteiger partial charge in [0, 0.05) is 58.3 Å². The van der Waals surface area contributed by atoms with Gasteiger partial charge in [0.05, 0.1) is 12.0 Å². The standard InChI is InChI=1S/C22H33N3O4/c1-4-24-12-9-22(20(24)27)16-23(13-14-28-3)15-21(22)7-10-25(11-8-21)19(26)18-6-5-17(2)29-18/h5-6H,4,7-16H2,1-3H3. The van der Waals surface area contributed by atoms with Crippen molar-refractivity contribution in [3.63, 3.8) is 0 Å². The summed E-state index contributed by atoms with van der Waals surface area (Å²) < 4.78 is 10.8. The number of methoxy groups -OCH3 is 1. The molecule has 3 aliphatic heterocycles. The molecule has 7 heteroatoms. The number of nitrogens with zero attached hydrogens (tertiary/aromatic N) is 3. The van der Waals surface area contributed by atoms with Crippen molar-refractivity contribution in [1.82, 2.24) is 14.7 Å². The Morgan fingerprint density at radius 1 is 1.17 bits per heavy atom. The molecule has 0 N–H and O–H groups in total. The van der Waals surface area contributed by atoms with Crippen LogP contribution in [0, 0.1) is 17.8 Å². The molecule has 0 saturated carbocycles. The van der Waals surface area contributed by atoms with Gasteiger partial charge in [0.2, 0.25) is 5.91 Å². The molecule has 29 heavy (non-hydrogen) atoms. The van der Waals surface area contributed by atoms with Gasteiger partial charge in [0.1, 0.15) is 5.76 Å². The average Bonchev–Trinajstić information content (AvgIpc) is 3.38. The lowest BCUT2D eigenvalue weighted by atomic mass is 9.60. The van der Waals surface area contributed by atoms with Gasteiger partial charge < -0.3 is 19.0 Å². The Kier molecular flexibility index (Phi) is 5.46. The van der Waals surface area contributed by atoms with E-state index in [1.165, 1.54) is 0 Å². The summed E-state index contributed by atoms with van der Waals surface area (Å²) in [6, 6.07) is 3.58. The predicted molar refractivity (Wildman–Crippen MR) is 109 cm³/mol. The molecule has 1 aromatic rings. The Bertz CT molecular complexity index is 768. The van der Waals surface area contributed by atoms with E-state index in [-0.39, 0.29) is 16.7 Å². The highest BCUT2D eigenvalue weighted by Crippen LogP contribution is 2.57. The average molecular weight is 404 g/mol. The van der Waals surface area contributed by atoms with Crippen LogP contribution in [0.5, 0.6) is 0 Å². The highest BCUT2D eigenvalue weighted by atomic mass is 16.5. The van der Waals surface area contributed by atoms with Crippen molar-refractivity contribution in [2.24, 2.45) is 10.8 Å². The van der Waals surface area contributed by atoms with E-state index in [1.807, 2.05) is 22.8 Å². The summed E-state index contributed by atoms with van der Waals surface area (Å²) in [6.07, 6.45) is 2.66. The summed E-state index contributed by atoms with van der Waals surface area (Å²) in [5, 5.41) is 0. The summed E-state index contributed by atoms with van der Waals surface area (Å²) in [6.45, 7) is 10.2. The summed E-state index contributed by atoms with van der Waals surface area (Å²) in [5.74, 6) is 1.45. The van der Waals surface area contributed by atoms with Crippen LogP contribution in [0.4, 0.5) is 0 Å². The Labute approximate surface area is 172 Å². The molecule has 1 atom stereocenters. The third kappa shape index (κ3) is 3.28. The van der Waals surface area contributed by atoms with Crippen molar-refractivity contribution in [3.8, 4) is 0 Å². The molecule has 0 aliphatic carbocycles. The number of furan rings is 1. The minimum Gasteiger partial charge on any atom is -0.456 e. The molecule has 160 valence electrons. The highest BCUT2D eigenvalue weighted by Gasteiger charge is 2.64. The fourth-order valence-corrected chi connectivity index (χ4v) is 5.82. The third-order valence-electron chi connectivity index (χ3n) is 7.49. The van der Waals surface area contributed by atoms with Crippen LogP contribution < -0.4 is 0 Å². The van der Waals surface area contributed by atoms with Crippen LogP contribution in [-0.4, -0.2) is 86.0 Å². The number of piperidine rings is 1. The van der Waals surface area contributed by atoms with Crippen molar-refractivity contribution in [3.05, 3.63) is 23.7 Å². The predicted octanol–water partition coefficient (Wildman–Crippen LogP) is 2.01. The summed E-state index contributed by atoms with van der Waals surface area (Å²) in [4.78, 5) is 32.6. The molecule has 1 aromatic heterocycles. The van der Waals surface area contributed by atoms with Crippen molar-refractivity contribution in [1.29, 1.82) is 0 Å². The van der Waals surface area contributed by atoms with Gasteiger partial charge in [-0.25, -0.2) is 0 Å². The van der Waals surface area contributed by atoms with E-state index in [0.717, 1.165) is 57.7 Å². The van der Waals surface area contributed by atoms with Crippen LogP contribution in [0.2, 0.25) is 0 Å². The second kappa shape index (κ2) is 7.76. The first kappa shape index (κ1) is 20.4. The molecule has 3 saturated heterocycles. The van der Waals surface area contributed by atoms with E-state index in [4.69, 9.17) is 9.15 Å². The zero-order chi connectivity index (χ0) is 20.6. The number of carbonyl (C=O) groups excluding carboxylic acids is 2. The SMILES string of the molecule is CCN1CCC2(CN(CCOC)CC23CCN(C(=O)c2ccc(C)o2)CC3)C1=O. The molecule has 2 spiro atoms. The van der Waals surface area contributed by atoms with E-state index in [2.05, 4.69) is 11.8 Å². The third-order valence-corrected chi connectivity index (χ3v) is 7.49. The quantitative estimate of drug-likeness (QED) is 0.752. The molecule has 0 radical (unpaired) electrons. The van der Waals surface area contributed by atoms with Gasteiger partial charge in [-0.1, -0.05) is 0 Å². The van der Waals surface area contributed by atoms with Gasteiger partial charge in [-0.15, -0.1) is 0 Å². The number of ether oxygens (including phenoxy) is 1. The van der Waals surface area contributed by atoms with Gasteiger partial charge in [0.15, 0.2) is 5.76 Å². The number of amides is 2. The highest BCUT2D eigenvalue weighted by molar-refractivity contribution is 5.91. The molecule has 3 aliphatic rings. The molecule has 4 heterocycles. The zero-order valence-electron chi connectivity index (χ0n) is 17.9. The lowest BCUT2D eigenvalue weighted by molar-refractivity contribution is -0.141. The fourth-order valence-electron chi connectivity index (χ4n) is 5.82. The van der Waals surface area contributed by atoms with E-state index in [1.54, 1.807) is 13.2 Å². The number of aryl methyl sites for hydroxylation is 1. The van der Waals surface area contributed by atoms with Crippen LogP contribution in [0.1, 0.15) is 42.5 Å². The topological polar surface area (TPSA) is 66.2 Å². The van der Waals surface area contributed by atoms with E-state index in [9.17, 15) is 9.59 Å². The molecule has 0 bridgehead atoms. The minimum atomic E-state index is -0.312. The van der Waals surface area contributed by atoms with Crippen molar-refractivity contribution >= 4 is 11.8 Å². The largest absolute Gasteiger partial charge is 0.456 e. The van der Waals surface area contributed by atoms with Crippen molar-refractivity contribution in [2.75, 3.05) is 59.5 Å². The lowest BCUT2D eigenvalue weighted by Crippen LogP contribution is -2.53. The summed E-state index contributed by atoms with van der Waals surface area (Å²) in [5.41, 5.74) is -0.370. The van der Waals surface area contributed by atoms with Crippen LogP contribution >= 0.6 is 0 Å². The maximum atomic E-state index is 13.5. The smallest absolute Gasteiger partial charge is 0.289 e. The number of rotatable bonds is 5. The number of carbonyl (C=O) groups is 2. The van der Waals surface area contributed by atoms with Gasteiger partial charge in [-0.3, -0.25) is 14.5 Å². The van der Waals surface area contributed by atoms with Crippen molar-refractivity contribution in [2.45, 2.75) is 33.1 Å². The Morgan fingerprint density at radius 3 is 2.52 bits per heavy atom. The first-order chi connectivity index (χ1) is 13.9. The van der Waals surface area contributed by atoms with Gasteiger partial charge in [0.25, 0.3) is 5.91 Å². The van der Waals surface area contributed by atoms with E-state index < -0.39 is 0 Å². The molecule has 0 aromatic carbocycles. The van der Waals surface area contributed by atoms with Gasteiger partial charge in [-0.2, -0.15) is 0 Å². The van der Waals surface area contributed by atoms with Crippen LogP contribution in [0.15, 0.2) is 16.5 Å². The number of likely N-dealkylation sites (tertiary alicyclic amines) is 3. The van der Waals surface area contributed by atoms with E-state index in [0.29, 0.717) is 31.4 Å². The Balaban J connectivity index is 1.53. The molecule has 1 unspecified atom stereocenters. The van der Waals surface area contributed by atoms with E-state index >= 15 is 0 Å². The number of hydrogen-bond donors (Lipinski definition) is 0. The van der Waals surface area contributed by atoms with Gasteiger partial charge in [-0.05, 0) is 45.2 Å². The molecule has 4 rings (SSSR count). The lowest BCUT2D eigenvalue weighted by Gasteiger charge is -2.47. The second-order valence-corrected chi connectivity index (χ2v) is 8.90. The minimum absolute atomic E-state index is 0.0378. The Hall–Kier alpha value is -1.86. The maximum Gasteiger partial charge on any atom is 0.289 e. The number of fused-ring (bicyclic) bond motifs is 1. The van der Waals surface area contributed by atoms with Crippen LogP contribution in [-0.2, 0) is 9.53 Å². The first-order valence-corrected chi connectivity index (χ1v) is 10.8. The summed E-state index contributed by atoms with van der Waals surface area (Å²) in [7, 11) is 1.72. The summed E-state index contributed by atoms with van der Waals surface area (Å²) >= 11 is 0. The number of hydrogen-bond acceptors (Lipinski definition) is 5. The van der Waals surface area contributed by atoms with Crippen LogP contribution in [0.3, 0.4) is 0 Å². The first-order valence-electron chi connectivity index (χ1n) is 10.8. The second-order valence-electron chi connectivity index (χ2n) is 8.90. The fraction of sp³-hybridized carbons (Fsp3) is 0.727. The normalized spacial score (nSPS) is 26.9. The molecule has 3 fully saturated rings. The van der Waals surface area contributed by atoms with Crippen molar-refractivity contribution < 1.29 is 18.7 Å². The molecule has 2 amide bonds.